The molecule has 0 saturated heterocycles. The molecule has 0 aliphatic carbocycles. The van der Waals surface area contributed by atoms with Crippen LogP contribution < -0.4 is 0 Å². The number of benzene rings is 1. The predicted molar refractivity (Wildman–Crippen MR) is 59.3 cm³/mol. The van der Waals surface area contributed by atoms with Gasteiger partial charge in [0.1, 0.15) is 12.4 Å². The highest BCUT2D eigenvalue weighted by molar-refractivity contribution is 7.88. The molecule has 1 rings (SSSR count). The van der Waals surface area contributed by atoms with Gasteiger partial charge in [-0.3, -0.25) is 4.79 Å². The zero-order chi connectivity index (χ0) is 13.1. The van der Waals surface area contributed by atoms with Crippen molar-refractivity contribution < 1.29 is 22.7 Å². The number of nitrogens with zero attached hydrogens (tertiary/aromatic N) is 1. The summed E-state index contributed by atoms with van der Waals surface area (Å²) in [5.74, 6) is -2.19. The largest absolute Gasteiger partial charge is 0.480 e. The Morgan fingerprint density at radius 1 is 1.47 bits per heavy atom. The van der Waals surface area contributed by atoms with Gasteiger partial charge in [0.2, 0.25) is 10.0 Å². The van der Waals surface area contributed by atoms with E-state index in [0.717, 1.165) is 10.4 Å². The average Bonchev–Trinajstić information content (AvgIpc) is 2.15. The predicted octanol–water partition coefficient (Wildman–Crippen LogP) is 0.672. The number of aliphatic carboxylic acids is 1. The first kappa shape index (κ1) is 13.6. The molecular weight excluding hydrogens is 249 g/mol. The number of hydrogen-bond acceptors (Lipinski definition) is 3. The van der Waals surface area contributed by atoms with Crippen molar-refractivity contribution in [1.29, 1.82) is 0 Å². The second-order valence-corrected chi connectivity index (χ2v) is 5.61. The number of carboxylic acid groups (broad SMARTS) is 1. The first-order valence-corrected chi connectivity index (χ1v) is 6.32. The Hall–Kier alpha value is -1.47. The molecule has 5 nitrogen and oxygen atoms in total. The van der Waals surface area contributed by atoms with E-state index < -0.39 is 34.1 Å². The summed E-state index contributed by atoms with van der Waals surface area (Å²) in [6.45, 7) is -0.613. The molecule has 0 fully saturated rings. The number of carboxylic acids is 1. The summed E-state index contributed by atoms with van der Waals surface area (Å²) in [6, 6.07) is 5.18. The fourth-order valence-corrected chi connectivity index (χ4v) is 2.36. The zero-order valence-electron chi connectivity index (χ0n) is 9.13. The van der Waals surface area contributed by atoms with Crippen molar-refractivity contribution in [2.75, 3.05) is 13.6 Å². The van der Waals surface area contributed by atoms with E-state index in [-0.39, 0.29) is 5.56 Å². The minimum absolute atomic E-state index is 0.280. The van der Waals surface area contributed by atoms with Crippen LogP contribution in [-0.4, -0.2) is 37.4 Å². The summed E-state index contributed by atoms with van der Waals surface area (Å²) in [5, 5.41) is 8.49. The third-order valence-electron chi connectivity index (χ3n) is 2.07. The highest BCUT2D eigenvalue weighted by Gasteiger charge is 2.20. The third kappa shape index (κ3) is 4.12. The average molecular weight is 261 g/mol. The van der Waals surface area contributed by atoms with Crippen LogP contribution in [0.4, 0.5) is 4.39 Å². The van der Waals surface area contributed by atoms with Gasteiger partial charge in [-0.2, -0.15) is 4.31 Å². The molecule has 17 heavy (non-hydrogen) atoms. The molecule has 0 aromatic heterocycles. The normalized spacial score (nSPS) is 11.7. The van der Waals surface area contributed by atoms with Crippen LogP contribution >= 0.6 is 0 Å². The van der Waals surface area contributed by atoms with E-state index in [9.17, 15) is 17.6 Å². The Morgan fingerprint density at radius 2 is 2.12 bits per heavy atom. The standard InChI is InChI=1S/C10H12FNO4S/c1-12(6-10(13)14)17(15,16)7-8-3-2-4-9(11)5-8/h2-5H,6-7H2,1H3,(H,13,14). The molecule has 0 atom stereocenters. The maximum absolute atomic E-state index is 12.9. The molecule has 94 valence electrons. The molecule has 0 saturated carbocycles. The van der Waals surface area contributed by atoms with Gasteiger partial charge in [-0.05, 0) is 17.7 Å². The van der Waals surface area contributed by atoms with Crippen molar-refractivity contribution in [3.8, 4) is 0 Å². The molecule has 0 radical (unpaired) electrons. The van der Waals surface area contributed by atoms with E-state index in [1.54, 1.807) is 0 Å². The van der Waals surface area contributed by atoms with Gasteiger partial charge in [0.15, 0.2) is 0 Å². The maximum atomic E-state index is 12.9. The molecular formula is C10H12FNO4S. The van der Waals surface area contributed by atoms with Gasteiger partial charge in [-0.25, -0.2) is 12.8 Å². The van der Waals surface area contributed by atoms with Crippen LogP contribution in [0.1, 0.15) is 5.56 Å². The molecule has 0 heterocycles. The lowest BCUT2D eigenvalue weighted by molar-refractivity contribution is -0.137. The summed E-state index contributed by atoms with van der Waals surface area (Å²) < 4.78 is 36.9. The van der Waals surface area contributed by atoms with Crippen molar-refractivity contribution in [1.82, 2.24) is 4.31 Å². The monoisotopic (exact) mass is 261 g/mol. The van der Waals surface area contributed by atoms with Gasteiger partial charge in [0, 0.05) is 7.05 Å². The fourth-order valence-electron chi connectivity index (χ4n) is 1.24. The number of likely N-dealkylation sites (N-methyl/N-ethyl adjacent to an activating group) is 1. The molecule has 0 bridgehead atoms. The second kappa shape index (κ2) is 5.24. The highest BCUT2D eigenvalue weighted by Crippen LogP contribution is 2.10. The van der Waals surface area contributed by atoms with Crippen LogP contribution in [0.3, 0.4) is 0 Å². The smallest absolute Gasteiger partial charge is 0.318 e. The minimum Gasteiger partial charge on any atom is -0.480 e. The quantitative estimate of drug-likeness (QED) is 0.845. The lowest BCUT2D eigenvalue weighted by Crippen LogP contribution is -2.32. The van der Waals surface area contributed by atoms with E-state index in [0.29, 0.717) is 0 Å². The van der Waals surface area contributed by atoms with Crippen molar-refractivity contribution in [2.45, 2.75) is 5.75 Å². The summed E-state index contributed by atoms with van der Waals surface area (Å²) in [4.78, 5) is 10.4. The Balaban J connectivity index is 2.83. The summed E-state index contributed by atoms with van der Waals surface area (Å²) in [6.07, 6.45) is 0. The number of carbonyl (C=O) groups is 1. The molecule has 0 aliphatic heterocycles. The van der Waals surface area contributed by atoms with Crippen LogP contribution in [0.5, 0.6) is 0 Å². The van der Waals surface area contributed by atoms with Gasteiger partial charge in [-0.15, -0.1) is 0 Å². The first-order chi connectivity index (χ1) is 7.81. The molecule has 7 heteroatoms. The highest BCUT2D eigenvalue weighted by atomic mass is 32.2. The maximum Gasteiger partial charge on any atom is 0.318 e. The van der Waals surface area contributed by atoms with E-state index in [1.807, 2.05) is 0 Å². The van der Waals surface area contributed by atoms with Crippen LogP contribution in [0.25, 0.3) is 0 Å². The fraction of sp³-hybridized carbons (Fsp3) is 0.300. The van der Waals surface area contributed by atoms with Crippen molar-refractivity contribution >= 4 is 16.0 Å². The molecule has 1 aromatic rings. The zero-order valence-corrected chi connectivity index (χ0v) is 9.95. The Kier molecular flexibility index (Phi) is 4.19. The first-order valence-electron chi connectivity index (χ1n) is 4.71. The van der Waals surface area contributed by atoms with Gasteiger partial charge < -0.3 is 5.11 Å². The molecule has 1 aromatic carbocycles. The van der Waals surface area contributed by atoms with Crippen LogP contribution in [-0.2, 0) is 20.6 Å². The Labute approximate surface area is 98.5 Å². The van der Waals surface area contributed by atoms with Crippen LogP contribution in [0, 0.1) is 5.82 Å². The molecule has 0 aliphatic rings. The Bertz CT molecular complexity index is 515. The molecule has 1 N–H and O–H groups in total. The van der Waals surface area contributed by atoms with E-state index in [2.05, 4.69) is 0 Å². The molecule has 0 spiro atoms. The number of hydrogen-bond donors (Lipinski definition) is 1. The SMILES string of the molecule is CN(CC(=O)O)S(=O)(=O)Cc1cccc(F)c1. The van der Waals surface area contributed by atoms with Gasteiger partial charge in [0.05, 0.1) is 5.75 Å². The lowest BCUT2D eigenvalue weighted by atomic mass is 10.2. The molecule has 0 unspecified atom stereocenters. The van der Waals surface area contributed by atoms with Crippen molar-refractivity contribution in [3.63, 3.8) is 0 Å². The lowest BCUT2D eigenvalue weighted by Gasteiger charge is -2.14. The van der Waals surface area contributed by atoms with Crippen LogP contribution in [0.2, 0.25) is 0 Å². The van der Waals surface area contributed by atoms with Gasteiger partial charge in [-0.1, -0.05) is 12.1 Å². The summed E-state index contributed by atoms with van der Waals surface area (Å²) in [7, 11) is -2.57. The Morgan fingerprint density at radius 3 is 2.65 bits per heavy atom. The minimum atomic E-state index is -3.74. The van der Waals surface area contributed by atoms with Crippen molar-refractivity contribution in [3.05, 3.63) is 35.6 Å². The number of sulfonamides is 1. The topological polar surface area (TPSA) is 74.7 Å². The van der Waals surface area contributed by atoms with Gasteiger partial charge in [0.25, 0.3) is 0 Å². The van der Waals surface area contributed by atoms with Crippen molar-refractivity contribution in [2.24, 2.45) is 0 Å². The van der Waals surface area contributed by atoms with Gasteiger partial charge >= 0.3 is 5.97 Å². The van der Waals surface area contributed by atoms with E-state index in [4.69, 9.17) is 5.11 Å². The van der Waals surface area contributed by atoms with E-state index in [1.165, 1.54) is 25.2 Å². The number of halogens is 1. The van der Waals surface area contributed by atoms with Crippen LogP contribution in [0.15, 0.2) is 24.3 Å². The third-order valence-corrected chi connectivity index (χ3v) is 3.85. The number of rotatable bonds is 5. The second-order valence-electron chi connectivity index (χ2n) is 3.54. The molecule has 0 amide bonds. The summed E-state index contributed by atoms with van der Waals surface area (Å²) in [5.41, 5.74) is 0.280. The summed E-state index contributed by atoms with van der Waals surface area (Å²) >= 11 is 0. The van der Waals surface area contributed by atoms with E-state index >= 15 is 0 Å².